The first-order chi connectivity index (χ1) is 9.97. The van der Waals surface area contributed by atoms with Gasteiger partial charge in [0.15, 0.2) is 0 Å². The van der Waals surface area contributed by atoms with Gasteiger partial charge in [-0.2, -0.15) is 5.10 Å². The number of nitrogens with one attached hydrogen (secondary N) is 1. The lowest BCUT2D eigenvalue weighted by molar-refractivity contribution is -0.121. The zero-order valence-electron chi connectivity index (χ0n) is 12.5. The van der Waals surface area contributed by atoms with E-state index >= 15 is 0 Å². The molecule has 1 heterocycles. The van der Waals surface area contributed by atoms with Gasteiger partial charge < -0.3 is 10.2 Å². The van der Waals surface area contributed by atoms with Crippen molar-refractivity contribution in [2.45, 2.75) is 38.2 Å². The summed E-state index contributed by atoms with van der Waals surface area (Å²) in [6.07, 6.45) is 0.214. The average molecular weight is 300 g/mol. The maximum Gasteiger partial charge on any atom is 0.280 e. The molecule has 0 aliphatic heterocycles. The summed E-state index contributed by atoms with van der Waals surface area (Å²) in [4.78, 5) is 13.8. The molecule has 1 aliphatic carbocycles. The minimum Gasteiger partial charge on any atom is -0.354 e. The number of aromatic nitrogens is 2. The van der Waals surface area contributed by atoms with Gasteiger partial charge in [-0.15, -0.1) is 0 Å². The largest absolute Gasteiger partial charge is 0.354 e. The molecule has 118 valence electrons. The maximum absolute atomic E-state index is 13.0. The fourth-order valence-electron chi connectivity index (χ4n) is 2.15. The van der Waals surface area contributed by atoms with Crippen LogP contribution in [0.15, 0.2) is 6.07 Å². The zero-order chi connectivity index (χ0) is 15.4. The molecule has 0 radical (unpaired) electrons. The first kappa shape index (κ1) is 15.9. The number of nitrogens with zero attached hydrogens (tertiary/aromatic N) is 3. The normalized spacial score (nSPS) is 15.0. The summed E-state index contributed by atoms with van der Waals surface area (Å²) in [6.45, 7) is 1.27. The highest BCUT2D eigenvalue weighted by molar-refractivity contribution is 5.75. The molecule has 0 atom stereocenters. The molecule has 0 saturated heterocycles. The van der Waals surface area contributed by atoms with Gasteiger partial charge in [0.2, 0.25) is 5.91 Å². The summed E-state index contributed by atoms with van der Waals surface area (Å²) in [6, 6.07) is 1.43. The molecule has 1 fully saturated rings. The van der Waals surface area contributed by atoms with Gasteiger partial charge in [-0.25, -0.2) is 8.78 Å². The van der Waals surface area contributed by atoms with E-state index in [0.717, 1.165) is 30.5 Å². The van der Waals surface area contributed by atoms with E-state index in [1.807, 2.05) is 19.0 Å². The number of hydrogen-bond acceptors (Lipinski definition) is 3. The lowest BCUT2D eigenvalue weighted by Gasteiger charge is -2.10. The lowest BCUT2D eigenvalue weighted by atomic mass is 10.3. The van der Waals surface area contributed by atoms with E-state index in [-0.39, 0.29) is 18.1 Å². The molecular weight excluding hydrogens is 278 g/mol. The van der Waals surface area contributed by atoms with Crippen LogP contribution in [0.25, 0.3) is 0 Å². The molecule has 1 aliphatic rings. The van der Waals surface area contributed by atoms with Crippen molar-refractivity contribution in [1.82, 2.24) is 20.0 Å². The van der Waals surface area contributed by atoms with Crippen molar-refractivity contribution < 1.29 is 13.6 Å². The minimum atomic E-state index is -2.61. The van der Waals surface area contributed by atoms with E-state index in [0.29, 0.717) is 18.2 Å². The van der Waals surface area contributed by atoms with Gasteiger partial charge in [-0.1, -0.05) is 0 Å². The van der Waals surface area contributed by atoms with Crippen molar-refractivity contribution in [3.8, 4) is 0 Å². The monoisotopic (exact) mass is 300 g/mol. The number of carbonyl (C=O) groups is 1. The van der Waals surface area contributed by atoms with Gasteiger partial charge in [0.1, 0.15) is 12.2 Å². The van der Waals surface area contributed by atoms with E-state index < -0.39 is 6.43 Å². The van der Waals surface area contributed by atoms with Gasteiger partial charge in [-0.05, 0) is 46.0 Å². The second-order valence-electron chi connectivity index (χ2n) is 5.73. The molecule has 1 amide bonds. The first-order valence-electron chi connectivity index (χ1n) is 7.24. The summed E-state index contributed by atoms with van der Waals surface area (Å²) < 4.78 is 27.1. The van der Waals surface area contributed by atoms with Crippen LogP contribution in [-0.2, 0) is 11.3 Å². The molecule has 1 aromatic heterocycles. The fraction of sp³-hybridized carbons (Fsp3) is 0.714. The molecule has 1 N–H and O–H groups in total. The third kappa shape index (κ3) is 4.77. The van der Waals surface area contributed by atoms with Crippen LogP contribution in [0, 0.1) is 0 Å². The Kier molecular flexibility index (Phi) is 5.27. The van der Waals surface area contributed by atoms with Crippen LogP contribution in [-0.4, -0.2) is 47.8 Å². The van der Waals surface area contributed by atoms with E-state index in [2.05, 4.69) is 10.4 Å². The molecule has 21 heavy (non-hydrogen) atoms. The predicted octanol–water partition coefficient (Wildman–Crippen LogP) is 1.77. The standard InChI is InChI=1S/C14H22F2N4O/c1-19(2)7-3-6-17-13(21)9-20-12(14(15)16)8-11(18-20)10-4-5-10/h8,10,14H,3-7,9H2,1-2H3,(H,17,21). The van der Waals surface area contributed by atoms with Gasteiger partial charge in [0.05, 0.1) is 5.69 Å². The summed E-state index contributed by atoms with van der Waals surface area (Å²) in [5, 5.41) is 6.89. The lowest BCUT2D eigenvalue weighted by Crippen LogP contribution is -2.31. The zero-order valence-corrected chi connectivity index (χ0v) is 12.5. The molecule has 5 nitrogen and oxygen atoms in total. The summed E-state index contributed by atoms with van der Waals surface area (Å²) in [5.41, 5.74) is 0.519. The first-order valence-corrected chi connectivity index (χ1v) is 7.24. The van der Waals surface area contributed by atoms with E-state index in [1.54, 1.807) is 0 Å². The topological polar surface area (TPSA) is 50.2 Å². The summed E-state index contributed by atoms with van der Waals surface area (Å²) in [7, 11) is 3.92. The molecular formula is C14H22F2N4O. The van der Waals surface area contributed by atoms with Crippen LogP contribution < -0.4 is 5.32 Å². The average Bonchev–Trinajstić information content (AvgIpc) is 3.16. The smallest absolute Gasteiger partial charge is 0.280 e. The Morgan fingerprint density at radius 3 is 2.81 bits per heavy atom. The van der Waals surface area contributed by atoms with Crippen molar-refractivity contribution in [2.24, 2.45) is 0 Å². The molecule has 0 spiro atoms. The van der Waals surface area contributed by atoms with E-state index in [9.17, 15) is 13.6 Å². The Morgan fingerprint density at radius 1 is 1.52 bits per heavy atom. The molecule has 1 saturated carbocycles. The van der Waals surface area contributed by atoms with Gasteiger partial charge >= 0.3 is 0 Å². The van der Waals surface area contributed by atoms with Crippen LogP contribution in [0.2, 0.25) is 0 Å². The number of alkyl halides is 2. The Balaban J connectivity index is 1.87. The van der Waals surface area contributed by atoms with Gasteiger partial charge in [-0.3, -0.25) is 9.48 Å². The Bertz CT molecular complexity index is 483. The molecule has 2 rings (SSSR count). The number of carbonyl (C=O) groups excluding carboxylic acids is 1. The van der Waals surface area contributed by atoms with Crippen LogP contribution in [0.1, 0.15) is 43.0 Å². The van der Waals surface area contributed by atoms with Crippen LogP contribution in [0.3, 0.4) is 0 Å². The number of rotatable bonds is 8. The highest BCUT2D eigenvalue weighted by atomic mass is 19.3. The molecule has 1 aromatic rings. The maximum atomic E-state index is 13.0. The minimum absolute atomic E-state index is 0.144. The summed E-state index contributed by atoms with van der Waals surface area (Å²) in [5.74, 6) is 0.0213. The van der Waals surface area contributed by atoms with Crippen LogP contribution in [0.5, 0.6) is 0 Å². The van der Waals surface area contributed by atoms with Crippen molar-refractivity contribution in [2.75, 3.05) is 27.2 Å². The van der Waals surface area contributed by atoms with Crippen molar-refractivity contribution in [1.29, 1.82) is 0 Å². The second kappa shape index (κ2) is 6.98. The third-order valence-corrected chi connectivity index (χ3v) is 3.45. The predicted molar refractivity (Wildman–Crippen MR) is 75.3 cm³/mol. The van der Waals surface area contributed by atoms with Gasteiger partial charge in [0.25, 0.3) is 6.43 Å². The van der Waals surface area contributed by atoms with E-state index in [1.165, 1.54) is 6.07 Å². The van der Waals surface area contributed by atoms with Crippen LogP contribution >= 0.6 is 0 Å². The fourth-order valence-corrected chi connectivity index (χ4v) is 2.15. The second-order valence-corrected chi connectivity index (χ2v) is 5.73. The van der Waals surface area contributed by atoms with Crippen molar-refractivity contribution in [3.63, 3.8) is 0 Å². The van der Waals surface area contributed by atoms with Crippen molar-refractivity contribution in [3.05, 3.63) is 17.5 Å². The van der Waals surface area contributed by atoms with Crippen molar-refractivity contribution >= 4 is 5.91 Å². The highest BCUT2D eigenvalue weighted by Gasteiger charge is 2.29. The van der Waals surface area contributed by atoms with E-state index in [4.69, 9.17) is 0 Å². The molecule has 0 aromatic carbocycles. The molecule has 0 bridgehead atoms. The summed E-state index contributed by atoms with van der Waals surface area (Å²) >= 11 is 0. The quantitative estimate of drug-likeness (QED) is 0.744. The number of halogens is 2. The van der Waals surface area contributed by atoms with Gasteiger partial charge in [0, 0.05) is 12.5 Å². The SMILES string of the molecule is CN(C)CCCNC(=O)Cn1nc(C2CC2)cc1C(F)F. The highest BCUT2D eigenvalue weighted by Crippen LogP contribution is 2.40. The third-order valence-electron chi connectivity index (χ3n) is 3.45. The number of hydrogen-bond donors (Lipinski definition) is 1. The Morgan fingerprint density at radius 2 is 2.24 bits per heavy atom. The Hall–Kier alpha value is -1.50. The molecule has 0 unspecified atom stereocenters. The number of amides is 1. The van der Waals surface area contributed by atoms with Crippen LogP contribution in [0.4, 0.5) is 8.78 Å². The molecule has 7 heteroatoms. The Labute approximate surface area is 123 Å².